The smallest absolute Gasteiger partial charge is 0.357 e. The predicted octanol–water partition coefficient (Wildman–Crippen LogP) is 2.73. The molecule has 40 heavy (non-hydrogen) atoms. The Kier molecular flexibility index (Phi) is 6.35. The number of hydrogen-bond donors (Lipinski definition) is 3. The van der Waals surface area contributed by atoms with Gasteiger partial charge >= 0.3 is 17.9 Å². The van der Waals surface area contributed by atoms with Crippen LogP contribution in [0.4, 0.5) is 0 Å². The first-order valence-corrected chi connectivity index (χ1v) is 13.4. The quantitative estimate of drug-likeness (QED) is 0.419. The van der Waals surface area contributed by atoms with Gasteiger partial charge in [0.1, 0.15) is 5.76 Å². The van der Waals surface area contributed by atoms with Gasteiger partial charge in [-0.3, -0.25) is 4.79 Å². The molecule has 3 N–H and O–H groups in total. The Morgan fingerprint density at radius 2 is 1.93 bits per heavy atom. The zero-order valence-corrected chi connectivity index (χ0v) is 21.9. The van der Waals surface area contributed by atoms with Gasteiger partial charge in [0.15, 0.2) is 23.7 Å². The second-order valence-corrected chi connectivity index (χ2v) is 10.9. The van der Waals surface area contributed by atoms with Crippen LogP contribution in [0.3, 0.4) is 0 Å². The molecule has 4 aliphatic rings. The number of aliphatic carboxylic acids is 1. The van der Waals surface area contributed by atoms with Crippen LogP contribution in [0.1, 0.15) is 54.9 Å². The van der Waals surface area contributed by atoms with E-state index in [9.17, 15) is 24.6 Å². The van der Waals surface area contributed by atoms with E-state index in [4.69, 9.17) is 24.1 Å². The van der Waals surface area contributed by atoms with Gasteiger partial charge in [-0.15, -0.1) is 0 Å². The summed E-state index contributed by atoms with van der Waals surface area (Å²) < 4.78 is 23.3. The Labute approximate surface area is 230 Å². The van der Waals surface area contributed by atoms with Crippen LogP contribution in [0.25, 0.3) is 0 Å². The number of methoxy groups -OCH3 is 1. The highest BCUT2D eigenvalue weighted by Gasteiger charge is 2.71. The van der Waals surface area contributed by atoms with Crippen molar-refractivity contribution in [1.29, 1.82) is 0 Å². The summed E-state index contributed by atoms with van der Waals surface area (Å²) in [5.41, 5.74) is 0.391. The van der Waals surface area contributed by atoms with Crippen molar-refractivity contribution in [3.63, 3.8) is 0 Å². The SMILES string of the molecule is COc1ccc2c3c1O[C@H]1C(OC(=O)[C@@H](OC(=O)C[C@H](O)C(=O)O)c4ccccc4)=CC[C@@]4(O)[C@H](CCC[C@]314)C2. The van der Waals surface area contributed by atoms with Crippen molar-refractivity contribution in [2.24, 2.45) is 5.92 Å². The first-order chi connectivity index (χ1) is 19.2. The first kappa shape index (κ1) is 26.3. The third-order valence-electron chi connectivity index (χ3n) is 8.90. The van der Waals surface area contributed by atoms with E-state index in [1.807, 2.05) is 12.1 Å². The van der Waals surface area contributed by atoms with Gasteiger partial charge in [0.25, 0.3) is 0 Å². The molecule has 0 aromatic heterocycles. The standard InChI is InChI=1S/C30H30O10/c1-37-20-10-9-17-14-18-8-5-12-29-23(17)25(20)40-26(29)21(11-13-30(18,29)36)38-28(35)24(16-6-3-2-4-7-16)39-22(32)15-19(31)27(33)34/h2-4,6-7,9-11,18-19,24,26,31,36H,5,8,12-15H2,1H3,(H,33,34)/t18-,19+,24+,26+,29+,30-/m1/s1. The second kappa shape index (κ2) is 9.64. The van der Waals surface area contributed by atoms with E-state index in [-0.39, 0.29) is 18.1 Å². The normalized spacial score (nSPS) is 28.7. The molecule has 0 radical (unpaired) electrons. The number of benzene rings is 2. The van der Waals surface area contributed by atoms with Crippen LogP contribution in [-0.2, 0) is 35.7 Å². The summed E-state index contributed by atoms with van der Waals surface area (Å²) in [5, 5.41) is 30.8. The van der Waals surface area contributed by atoms with Crippen molar-refractivity contribution >= 4 is 17.9 Å². The predicted molar refractivity (Wildman–Crippen MR) is 137 cm³/mol. The molecule has 0 saturated heterocycles. The third kappa shape index (κ3) is 3.81. The lowest BCUT2D eigenvalue weighted by Gasteiger charge is -2.59. The van der Waals surface area contributed by atoms with Crippen molar-refractivity contribution in [2.75, 3.05) is 7.11 Å². The number of aliphatic hydroxyl groups excluding tert-OH is 1. The lowest BCUT2D eigenvalue weighted by atomic mass is 9.47. The van der Waals surface area contributed by atoms with Crippen molar-refractivity contribution in [2.45, 2.75) is 67.9 Å². The Morgan fingerprint density at radius 3 is 2.65 bits per heavy atom. The molecule has 210 valence electrons. The molecule has 1 saturated carbocycles. The van der Waals surface area contributed by atoms with Gasteiger partial charge in [-0.2, -0.15) is 0 Å². The average molecular weight is 551 g/mol. The van der Waals surface area contributed by atoms with Crippen LogP contribution in [0, 0.1) is 5.92 Å². The molecule has 2 aromatic rings. The maximum atomic E-state index is 13.6. The molecular formula is C30H30O10. The van der Waals surface area contributed by atoms with Crippen LogP contribution in [0.15, 0.2) is 54.3 Å². The van der Waals surface area contributed by atoms with Crippen molar-refractivity contribution in [1.82, 2.24) is 0 Å². The molecule has 2 aromatic carbocycles. The van der Waals surface area contributed by atoms with Crippen molar-refractivity contribution in [3.05, 3.63) is 71.0 Å². The Bertz CT molecular complexity index is 1400. The average Bonchev–Trinajstić information content (AvgIpc) is 3.28. The minimum Gasteiger partial charge on any atom is -0.493 e. The summed E-state index contributed by atoms with van der Waals surface area (Å²) in [6, 6.07) is 12.1. The highest BCUT2D eigenvalue weighted by molar-refractivity contribution is 5.84. The van der Waals surface area contributed by atoms with Crippen LogP contribution in [0.5, 0.6) is 11.5 Å². The van der Waals surface area contributed by atoms with Crippen molar-refractivity contribution < 1.29 is 48.7 Å². The molecule has 1 fully saturated rings. The highest BCUT2D eigenvalue weighted by atomic mass is 16.6. The van der Waals surface area contributed by atoms with E-state index in [1.54, 1.807) is 43.5 Å². The van der Waals surface area contributed by atoms with E-state index < -0.39 is 53.7 Å². The molecular weight excluding hydrogens is 520 g/mol. The number of rotatable bonds is 8. The van der Waals surface area contributed by atoms with E-state index in [2.05, 4.69) is 0 Å². The van der Waals surface area contributed by atoms with Gasteiger partial charge in [0, 0.05) is 11.1 Å². The number of aliphatic hydroxyl groups is 2. The monoisotopic (exact) mass is 550 g/mol. The van der Waals surface area contributed by atoms with Crippen LogP contribution in [-0.4, -0.2) is 58.1 Å². The summed E-state index contributed by atoms with van der Waals surface area (Å²) >= 11 is 0. The summed E-state index contributed by atoms with van der Waals surface area (Å²) in [4.78, 5) is 37.1. The Balaban J connectivity index is 1.34. The largest absolute Gasteiger partial charge is 0.493 e. The first-order valence-electron chi connectivity index (χ1n) is 13.4. The molecule has 3 aliphatic carbocycles. The molecule has 10 nitrogen and oxygen atoms in total. The lowest BCUT2D eigenvalue weighted by Crippen LogP contribution is -2.67. The number of carboxylic acid groups (broad SMARTS) is 1. The molecule has 10 heteroatoms. The van der Waals surface area contributed by atoms with E-state index in [1.165, 1.54) is 0 Å². The fourth-order valence-corrected chi connectivity index (χ4v) is 7.16. The zero-order chi connectivity index (χ0) is 28.2. The summed E-state index contributed by atoms with van der Waals surface area (Å²) in [5.74, 6) is -2.26. The number of carbonyl (C=O) groups excluding carboxylic acids is 2. The number of ether oxygens (including phenoxy) is 4. The molecule has 6 rings (SSSR count). The molecule has 1 spiro atoms. The maximum Gasteiger partial charge on any atom is 0.357 e. The summed E-state index contributed by atoms with van der Waals surface area (Å²) in [6.07, 6.45) is -0.0824. The molecule has 1 aliphatic heterocycles. The van der Waals surface area contributed by atoms with Gasteiger partial charge in [-0.25, -0.2) is 9.59 Å². The fraction of sp³-hybridized carbons (Fsp3) is 0.433. The minimum atomic E-state index is -1.97. The fourth-order valence-electron chi connectivity index (χ4n) is 7.16. The summed E-state index contributed by atoms with van der Waals surface area (Å²) in [6.45, 7) is 0. The van der Waals surface area contributed by atoms with Crippen LogP contribution < -0.4 is 9.47 Å². The second-order valence-electron chi connectivity index (χ2n) is 10.9. The van der Waals surface area contributed by atoms with Crippen LogP contribution >= 0.6 is 0 Å². The lowest BCUT2D eigenvalue weighted by molar-refractivity contribution is -0.174. The maximum absolute atomic E-state index is 13.6. The van der Waals surface area contributed by atoms with Gasteiger partial charge < -0.3 is 34.3 Å². The van der Waals surface area contributed by atoms with Crippen LogP contribution in [0.2, 0.25) is 0 Å². The third-order valence-corrected chi connectivity index (χ3v) is 8.90. The van der Waals surface area contributed by atoms with Gasteiger partial charge in [-0.05, 0) is 49.3 Å². The highest BCUT2D eigenvalue weighted by Crippen LogP contribution is 2.67. The Morgan fingerprint density at radius 1 is 1.15 bits per heavy atom. The summed E-state index contributed by atoms with van der Waals surface area (Å²) in [7, 11) is 1.55. The van der Waals surface area contributed by atoms with E-state index >= 15 is 0 Å². The molecule has 0 unspecified atom stereocenters. The number of carbonyl (C=O) groups is 3. The number of carboxylic acids is 1. The molecule has 0 amide bonds. The molecule has 6 atom stereocenters. The topological polar surface area (TPSA) is 149 Å². The zero-order valence-electron chi connectivity index (χ0n) is 21.9. The van der Waals surface area contributed by atoms with Gasteiger partial charge in [0.2, 0.25) is 6.10 Å². The van der Waals surface area contributed by atoms with Gasteiger partial charge in [-0.1, -0.05) is 42.8 Å². The van der Waals surface area contributed by atoms with Gasteiger partial charge in [0.05, 0.1) is 24.5 Å². The van der Waals surface area contributed by atoms with Crippen molar-refractivity contribution in [3.8, 4) is 11.5 Å². The molecule has 1 heterocycles. The Hall–Kier alpha value is -3.89. The number of esters is 2. The minimum absolute atomic E-state index is 0.0198. The molecule has 2 bridgehead atoms. The number of hydrogen-bond acceptors (Lipinski definition) is 9. The van der Waals surface area contributed by atoms with E-state index in [0.717, 1.165) is 30.4 Å². The van der Waals surface area contributed by atoms with E-state index in [0.29, 0.717) is 23.5 Å².